The molecule has 5 heteroatoms. The molecule has 0 aromatic heterocycles. The van der Waals surface area contributed by atoms with Crippen molar-refractivity contribution in [2.45, 2.75) is 32.2 Å². The molecule has 1 aromatic rings. The summed E-state index contributed by atoms with van der Waals surface area (Å²) in [5.74, 6) is 0.924. The molecular formula is C16H22N2O3. The van der Waals surface area contributed by atoms with E-state index >= 15 is 0 Å². The molecule has 0 saturated carbocycles. The predicted octanol–water partition coefficient (Wildman–Crippen LogP) is 1.50. The Labute approximate surface area is 125 Å². The van der Waals surface area contributed by atoms with Crippen molar-refractivity contribution in [1.82, 2.24) is 10.2 Å². The largest absolute Gasteiger partial charge is 0.493 e. The molecule has 0 bridgehead atoms. The van der Waals surface area contributed by atoms with E-state index in [9.17, 15) is 9.59 Å². The van der Waals surface area contributed by atoms with Gasteiger partial charge in [-0.1, -0.05) is 18.2 Å². The quantitative estimate of drug-likeness (QED) is 0.894. The van der Waals surface area contributed by atoms with Crippen molar-refractivity contribution in [3.8, 4) is 5.75 Å². The number of likely N-dealkylation sites (tertiary alicyclic amines) is 1. The van der Waals surface area contributed by atoms with Gasteiger partial charge in [0.1, 0.15) is 5.75 Å². The van der Waals surface area contributed by atoms with Gasteiger partial charge in [-0.15, -0.1) is 0 Å². The summed E-state index contributed by atoms with van der Waals surface area (Å²) in [5.41, 5.74) is 1.06. The summed E-state index contributed by atoms with van der Waals surface area (Å²) in [6.07, 6.45) is 1.54. The van der Waals surface area contributed by atoms with Gasteiger partial charge in [0.25, 0.3) is 0 Å². The molecule has 1 saturated heterocycles. The summed E-state index contributed by atoms with van der Waals surface area (Å²) in [6.45, 7) is 2.92. The van der Waals surface area contributed by atoms with Gasteiger partial charge in [-0.2, -0.15) is 0 Å². The van der Waals surface area contributed by atoms with E-state index in [-0.39, 0.29) is 17.9 Å². The Morgan fingerprint density at radius 2 is 2.19 bits per heavy atom. The van der Waals surface area contributed by atoms with Crippen LogP contribution in [0.5, 0.6) is 5.75 Å². The van der Waals surface area contributed by atoms with E-state index in [1.54, 1.807) is 11.9 Å². The molecule has 1 aliphatic heterocycles. The number of likely N-dealkylation sites (N-methyl/N-ethyl adjacent to an activating group) is 1. The van der Waals surface area contributed by atoms with E-state index in [0.717, 1.165) is 11.3 Å². The highest BCUT2D eigenvalue weighted by Gasteiger charge is 2.23. The SMILES string of the molecule is Cc1ccccc1OCCC(=O)N[C@H]1CCC(=O)N(C)C1. The lowest BCUT2D eigenvalue weighted by molar-refractivity contribution is -0.134. The maximum atomic E-state index is 11.9. The lowest BCUT2D eigenvalue weighted by atomic mass is 10.1. The zero-order valence-electron chi connectivity index (χ0n) is 12.6. The van der Waals surface area contributed by atoms with Gasteiger partial charge in [0.15, 0.2) is 0 Å². The maximum Gasteiger partial charge on any atom is 0.223 e. The highest BCUT2D eigenvalue weighted by Crippen LogP contribution is 2.16. The lowest BCUT2D eigenvalue weighted by Crippen LogP contribution is -2.48. The zero-order valence-corrected chi connectivity index (χ0v) is 12.6. The minimum atomic E-state index is -0.0312. The summed E-state index contributed by atoms with van der Waals surface area (Å²) in [6, 6.07) is 7.80. The molecule has 114 valence electrons. The van der Waals surface area contributed by atoms with Crippen LogP contribution in [0, 0.1) is 6.92 Å². The fourth-order valence-corrected chi connectivity index (χ4v) is 2.40. The van der Waals surface area contributed by atoms with Gasteiger partial charge >= 0.3 is 0 Å². The van der Waals surface area contributed by atoms with Crippen molar-refractivity contribution in [2.75, 3.05) is 20.2 Å². The Bertz CT molecular complexity index is 516. The number of para-hydroxylation sites is 1. The van der Waals surface area contributed by atoms with Crippen molar-refractivity contribution < 1.29 is 14.3 Å². The van der Waals surface area contributed by atoms with Gasteiger partial charge in [0, 0.05) is 26.1 Å². The van der Waals surface area contributed by atoms with Gasteiger partial charge in [-0.3, -0.25) is 9.59 Å². The molecule has 1 fully saturated rings. The number of aryl methyl sites for hydroxylation is 1. The Morgan fingerprint density at radius 1 is 1.43 bits per heavy atom. The van der Waals surface area contributed by atoms with Crippen molar-refractivity contribution in [3.63, 3.8) is 0 Å². The lowest BCUT2D eigenvalue weighted by Gasteiger charge is -2.30. The summed E-state index contributed by atoms with van der Waals surface area (Å²) in [4.78, 5) is 24.9. The summed E-state index contributed by atoms with van der Waals surface area (Å²) in [5, 5.41) is 2.96. The molecule has 2 amide bonds. The van der Waals surface area contributed by atoms with Gasteiger partial charge in [-0.05, 0) is 25.0 Å². The van der Waals surface area contributed by atoms with Crippen LogP contribution in [0.2, 0.25) is 0 Å². The first-order valence-electron chi connectivity index (χ1n) is 7.28. The van der Waals surface area contributed by atoms with E-state index in [1.807, 2.05) is 31.2 Å². The Balaban J connectivity index is 1.71. The first-order chi connectivity index (χ1) is 10.1. The number of benzene rings is 1. The molecule has 2 rings (SSSR count). The van der Waals surface area contributed by atoms with Gasteiger partial charge in [0.2, 0.25) is 11.8 Å². The molecule has 1 N–H and O–H groups in total. The number of nitrogens with one attached hydrogen (secondary N) is 1. The van der Waals surface area contributed by atoms with Crippen LogP contribution in [0.4, 0.5) is 0 Å². The minimum Gasteiger partial charge on any atom is -0.493 e. The topological polar surface area (TPSA) is 58.6 Å². The van der Waals surface area contributed by atoms with Crippen LogP contribution >= 0.6 is 0 Å². The number of amides is 2. The van der Waals surface area contributed by atoms with Crippen LogP contribution in [0.15, 0.2) is 24.3 Å². The van der Waals surface area contributed by atoms with E-state index in [4.69, 9.17) is 4.74 Å². The molecule has 0 radical (unpaired) electrons. The molecule has 1 atom stereocenters. The van der Waals surface area contributed by atoms with E-state index < -0.39 is 0 Å². The van der Waals surface area contributed by atoms with Gasteiger partial charge in [0.05, 0.1) is 13.0 Å². The number of piperidine rings is 1. The number of hydrogen-bond donors (Lipinski definition) is 1. The average molecular weight is 290 g/mol. The molecule has 5 nitrogen and oxygen atoms in total. The molecule has 0 unspecified atom stereocenters. The standard InChI is InChI=1S/C16H22N2O3/c1-12-5-3-4-6-14(12)21-10-9-15(19)17-13-7-8-16(20)18(2)11-13/h3-6,13H,7-11H2,1-2H3,(H,17,19)/t13-/m0/s1. The second-order valence-electron chi connectivity index (χ2n) is 5.44. The van der Waals surface area contributed by atoms with Crippen LogP contribution in [0.25, 0.3) is 0 Å². The molecule has 1 heterocycles. The van der Waals surface area contributed by atoms with Gasteiger partial charge < -0.3 is 15.0 Å². The molecular weight excluding hydrogens is 268 g/mol. The maximum absolute atomic E-state index is 11.9. The summed E-state index contributed by atoms with van der Waals surface area (Å²) in [7, 11) is 1.77. The number of ether oxygens (including phenoxy) is 1. The third kappa shape index (κ3) is 4.48. The molecule has 1 aromatic carbocycles. The van der Waals surface area contributed by atoms with Crippen molar-refractivity contribution in [1.29, 1.82) is 0 Å². The molecule has 1 aliphatic rings. The number of carbonyl (C=O) groups is 2. The normalized spacial score (nSPS) is 18.5. The van der Waals surface area contributed by atoms with Crippen LogP contribution < -0.4 is 10.1 Å². The van der Waals surface area contributed by atoms with E-state index in [2.05, 4.69) is 5.32 Å². The minimum absolute atomic E-state index is 0.0312. The number of nitrogens with zero attached hydrogens (tertiary/aromatic N) is 1. The molecule has 0 spiro atoms. The highest BCUT2D eigenvalue weighted by atomic mass is 16.5. The average Bonchev–Trinajstić information content (AvgIpc) is 2.45. The van der Waals surface area contributed by atoms with E-state index in [1.165, 1.54) is 0 Å². The zero-order chi connectivity index (χ0) is 15.2. The smallest absolute Gasteiger partial charge is 0.223 e. The Hall–Kier alpha value is -2.04. The molecule has 0 aliphatic carbocycles. The van der Waals surface area contributed by atoms with Crippen molar-refractivity contribution in [3.05, 3.63) is 29.8 Å². The Morgan fingerprint density at radius 3 is 2.90 bits per heavy atom. The number of carbonyl (C=O) groups excluding carboxylic acids is 2. The van der Waals surface area contributed by atoms with Crippen molar-refractivity contribution in [2.24, 2.45) is 0 Å². The third-order valence-corrected chi connectivity index (χ3v) is 3.67. The molecule has 21 heavy (non-hydrogen) atoms. The summed E-state index contributed by atoms with van der Waals surface area (Å²) < 4.78 is 5.61. The van der Waals surface area contributed by atoms with Crippen LogP contribution in [-0.4, -0.2) is 43.0 Å². The number of rotatable bonds is 5. The van der Waals surface area contributed by atoms with Gasteiger partial charge in [-0.25, -0.2) is 0 Å². The Kier molecular flexibility index (Phi) is 5.20. The highest BCUT2D eigenvalue weighted by molar-refractivity contribution is 5.79. The second-order valence-corrected chi connectivity index (χ2v) is 5.44. The second kappa shape index (κ2) is 7.11. The van der Waals surface area contributed by atoms with Crippen molar-refractivity contribution >= 4 is 11.8 Å². The monoisotopic (exact) mass is 290 g/mol. The third-order valence-electron chi connectivity index (χ3n) is 3.67. The van der Waals surface area contributed by atoms with Crippen LogP contribution in [0.3, 0.4) is 0 Å². The first kappa shape index (κ1) is 15.4. The first-order valence-corrected chi connectivity index (χ1v) is 7.28. The summed E-state index contributed by atoms with van der Waals surface area (Å²) >= 11 is 0. The predicted molar refractivity (Wildman–Crippen MR) is 80.1 cm³/mol. The fraction of sp³-hybridized carbons (Fsp3) is 0.500. The fourth-order valence-electron chi connectivity index (χ4n) is 2.40. The number of hydrogen-bond acceptors (Lipinski definition) is 3. The van der Waals surface area contributed by atoms with E-state index in [0.29, 0.717) is 32.4 Å². The van der Waals surface area contributed by atoms with Crippen LogP contribution in [-0.2, 0) is 9.59 Å². The van der Waals surface area contributed by atoms with Crippen LogP contribution in [0.1, 0.15) is 24.8 Å².